The van der Waals surface area contributed by atoms with E-state index in [1.165, 1.54) is 6.92 Å². The Morgan fingerprint density at radius 1 is 1.46 bits per heavy atom. The molecule has 0 spiro atoms. The normalized spacial score (nSPS) is 12.5. The number of carbonyl (C=O) groups is 1. The van der Waals surface area contributed by atoms with Gasteiger partial charge in [-0.2, -0.15) is 0 Å². The van der Waals surface area contributed by atoms with Gasteiger partial charge in [0, 0.05) is 5.69 Å². The lowest BCUT2D eigenvalue weighted by molar-refractivity contribution is -0.118. The minimum Gasteiger partial charge on any atom is -0.398 e. The Morgan fingerprint density at radius 3 is 2.62 bits per heavy atom. The number of carbonyl (C=O) groups excluding carboxylic acids is 1. The lowest BCUT2D eigenvalue weighted by atomic mass is 10.0. The molecule has 0 radical (unpaired) electrons. The van der Waals surface area contributed by atoms with Crippen molar-refractivity contribution in [2.75, 3.05) is 5.73 Å². The summed E-state index contributed by atoms with van der Waals surface area (Å²) in [5.74, 6) is -0.0719. The van der Waals surface area contributed by atoms with Crippen molar-refractivity contribution in [1.29, 1.82) is 0 Å². The molecule has 0 amide bonds. The molecule has 13 heavy (non-hydrogen) atoms. The standard InChI is InChI=1S/C10H14N2O/c1-6-3-4-9(11)8(5-6)10(12)7(2)13/h3-5,10H,11-12H2,1-2H3. The van der Waals surface area contributed by atoms with E-state index in [0.717, 1.165) is 5.56 Å². The van der Waals surface area contributed by atoms with E-state index >= 15 is 0 Å². The maximum absolute atomic E-state index is 11.0. The first-order chi connectivity index (χ1) is 6.02. The molecule has 0 aliphatic carbocycles. The summed E-state index contributed by atoms with van der Waals surface area (Å²) in [6.07, 6.45) is 0. The fourth-order valence-corrected chi connectivity index (χ4v) is 1.18. The molecule has 0 fully saturated rings. The molecule has 70 valence electrons. The lowest BCUT2D eigenvalue weighted by Gasteiger charge is -2.11. The highest BCUT2D eigenvalue weighted by atomic mass is 16.1. The van der Waals surface area contributed by atoms with Gasteiger partial charge in [0.05, 0.1) is 6.04 Å². The summed E-state index contributed by atoms with van der Waals surface area (Å²) in [7, 11) is 0. The van der Waals surface area contributed by atoms with E-state index in [-0.39, 0.29) is 5.78 Å². The molecule has 4 N–H and O–H groups in total. The van der Waals surface area contributed by atoms with Gasteiger partial charge in [0.25, 0.3) is 0 Å². The molecule has 0 aliphatic rings. The van der Waals surface area contributed by atoms with Crippen molar-refractivity contribution >= 4 is 11.5 Å². The van der Waals surface area contributed by atoms with Crippen LogP contribution in [0.15, 0.2) is 18.2 Å². The second-order valence-electron chi connectivity index (χ2n) is 3.22. The van der Waals surface area contributed by atoms with E-state index in [0.29, 0.717) is 11.3 Å². The average molecular weight is 178 g/mol. The van der Waals surface area contributed by atoms with Crippen LogP contribution in [0.3, 0.4) is 0 Å². The fraction of sp³-hybridized carbons (Fsp3) is 0.300. The second-order valence-corrected chi connectivity index (χ2v) is 3.22. The van der Waals surface area contributed by atoms with Gasteiger partial charge in [-0.25, -0.2) is 0 Å². The van der Waals surface area contributed by atoms with E-state index in [2.05, 4.69) is 0 Å². The molecule has 1 rings (SSSR count). The van der Waals surface area contributed by atoms with Gasteiger partial charge < -0.3 is 11.5 Å². The van der Waals surface area contributed by atoms with Crippen LogP contribution in [0.25, 0.3) is 0 Å². The first-order valence-corrected chi connectivity index (χ1v) is 4.14. The third-order valence-electron chi connectivity index (χ3n) is 2.02. The molecule has 1 unspecified atom stereocenters. The fourth-order valence-electron chi connectivity index (χ4n) is 1.18. The predicted molar refractivity (Wildman–Crippen MR) is 53.2 cm³/mol. The van der Waals surface area contributed by atoms with Gasteiger partial charge in [0.2, 0.25) is 0 Å². The van der Waals surface area contributed by atoms with Crippen LogP contribution >= 0.6 is 0 Å². The molecule has 0 saturated heterocycles. The van der Waals surface area contributed by atoms with Crippen molar-refractivity contribution in [3.63, 3.8) is 0 Å². The van der Waals surface area contributed by atoms with E-state index in [9.17, 15) is 4.79 Å². The average Bonchev–Trinajstić information content (AvgIpc) is 2.08. The topological polar surface area (TPSA) is 69.1 Å². The van der Waals surface area contributed by atoms with Gasteiger partial charge in [-0.3, -0.25) is 4.79 Å². The Kier molecular flexibility index (Phi) is 2.68. The quantitative estimate of drug-likeness (QED) is 0.668. The molecular formula is C10H14N2O. The number of hydrogen-bond acceptors (Lipinski definition) is 3. The zero-order chi connectivity index (χ0) is 10.0. The number of Topliss-reactive ketones (excluding diaryl/α,β-unsaturated/α-hetero) is 1. The highest BCUT2D eigenvalue weighted by Gasteiger charge is 2.13. The summed E-state index contributed by atoms with van der Waals surface area (Å²) < 4.78 is 0. The lowest BCUT2D eigenvalue weighted by Crippen LogP contribution is -2.20. The van der Waals surface area contributed by atoms with E-state index in [1.54, 1.807) is 6.07 Å². The first kappa shape index (κ1) is 9.74. The molecule has 3 nitrogen and oxygen atoms in total. The minimum absolute atomic E-state index is 0.0719. The maximum Gasteiger partial charge on any atom is 0.151 e. The minimum atomic E-state index is -0.597. The van der Waals surface area contributed by atoms with Gasteiger partial charge in [0.1, 0.15) is 0 Å². The van der Waals surface area contributed by atoms with Crippen LogP contribution in [0.4, 0.5) is 5.69 Å². The van der Waals surface area contributed by atoms with Crippen LogP contribution in [-0.2, 0) is 4.79 Å². The highest BCUT2D eigenvalue weighted by molar-refractivity contribution is 5.84. The Balaban J connectivity index is 3.12. The molecule has 0 aliphatic heterocycles. The molecule has 0 bridgehead atoms. The predicted octanol–water partition coefficient (Wildman–Crippen LogP) is 1.17. The van der Waals surface area contributed by atoms with Crippen LogP contribution in [-0.4, -0.2) is 5.78 Å². The zero-order valence-electron chi connectivity index (χ0n) is 7.87. The molecule has 1 aromatic rings. The number of hydrogen-bond donors (Lipinski definition) is 2. The van der Waals surface area contributed by atoms with Gasteiger partial charge in [0.15, 0.2) is 5.78 Å². The van der Waals surface area contributed by atoms with Gasteiger partial charge in [-0.05, 0) is 25.5 Å². The summed E-state index contributed by atoms with van der Waals surface area (Å²) in [6, 6.07) is 4.92. The number of ketones is 1. The number of nitrogens with two attached hydrogens (primary N) is 2. The zero-order valence-corrected chi connectivity index (χ0v) is 7.87. The Hall–Kier alpha value is -1.35. The van der Waals surface area contributed by atoms with Gasteiger partial charge in [-0.15, -0.1) is 0 Å². The summed E-state index contributed by atoms with van der Waals surface area (Å²) in [6.45, 7) is 3.40. The van der Waals surface area contributed by atoms with Crippen molar-refractivity contribution < 1.29 is 4.79 Å². The number of rotatable bonds is 2. The first-order valence-electron chi connectivity index (χ1n) is 4.14. The maximum atomic E-state index is 11.0. The van der Waals surface area contributed by atoms with Crippen molar-refractivity contribution in [2.24, 2.45) is 5.73 Å². The van der Waals surface area contributed by atoms with Crippen molar-refractivity contribution in [2.45, 2.75) is 19.9 Å². The Bertz CT molecular complexity index is 334. The van der Waals surface area contributed by atoms with Crippen LogP contribution in [0.5, 0.6) is 0 Å². The summed E-state index contributed by atoms with van der Waals surface area (Å²) >= 11 is 0. The summed E-state index contributed by atoms with van der Waals surface area (Å²) in [5.41, 5.74) is 13.7. The largest absolute Gasteiger partial charge is 0.398 e. The second kappa shape index (κ2) is 3.58. The summed E-state index contributed by atoms with van der Waals surface area (Å²) in [4.78, 5) is 11.0. The molecule has 3 heteroatoms. The monoisotopic (exact) mass is 178 g/mol. The third-order valence-corrected chi connectivity index (χ3v) is 2.02. The van der Waals surface area contributed by atoms with Gasteiger partial charge in [-0.1, -0.05) is 17.7 Å². The van der Waals surface area contributed by atoms with Crippen LogP contribution in [0.1, 0.15) is 24.1 Å². The van der Waals surface area contributed by atoms with E-state index < -0.39 is 6.04 Å². The number of nitrogen functional groups attached to an aromatic ring is 1. The van der Waals surface area contributed by atoms with Gasteiger partial charge >= 0.3 is 0 Å². The van der Waals surface area contributed by atoms with Crippen molar-refractivity contribution in [3.05, 3.63) is 29.3 Å². The van der Waals surface area contributed by atoms with Crippen molar-refractivity contribution in [1.82, 2.24) is 0 Å². The molecule has 0 aromatic heterocycles. The Labute approximate surface area is 77.7 Å². The van der Waals surface area contributed by atoms with Crippen LogP contribution in [0.2, 0.25) is 0 Å². The third kappa shape index (κ3) is 2.06. The van der Waals surface area contributed by atoms with E-state index in [1.807, 2.05) is 19.1 Å². The molecule has 0 saturated carbocycles. The smallest absolute Gasteiger partial charge is 0.151 e. The molecule has 1 aromatic carbocycles. The number of anilines is 1. The molecular weight excluding hydrogens is 164 g/mol. The molecule has 1 atom stereocenters. The highest BCUT2D eigenvalue weighted by Crippen LogP contribution is 2.20. The van der Waals surface area contributed by atoms with Crippen LogP contribution in [0, 0.1) is 6.92 Å². The number of aryl methyl sites for hydroxylation is 1. The van der Waals surface area contributed by atoms with Crippen LogP contribution < -0.4 is 11.5 Å². The number of benzene rings is 1. The SMILES string of the molecule is CC(=O)C(N)c1cc(C)ccc1N. The molecule has 0 heterocycles. The summed E-state index contributed by atoms with van der Waals surface area (Å²) in [5, 5.41) is 0. The van der Waals surface area contributed by atoms with E-state index in [4.69, 9.17) is 11.5 Å². The van der Waals surface area contributed by atoms with Crippen molar-refractivity contribution in [3.8, 4) is 0 Å². The Morgan fingerprint density at radius 2 is 2.08 bits per heavy atom.